The van der Waals surface area contributed by atoms with Gasteiger partial charge in [0.2, 0.25) is 5.91 Å². The highest BCUT2D eigenvalue weighted by molar-refractivity contribution is 6.27. The minimum Gasteiger partial charge on any atom is -0.325 e. The number of anilines is 1. The molecular weight excluding hydrogens is 226 g/mol. The lowest BCUT2D eigenvalue weighted by atomic mass is 10.1. The van der Waals surface area contributed by atoms with Crippen molar-refractivity contribution in [2.45, 2.75) is 13.3 Å². The molecule has 0 heterocycles. The van der Waals surface area contributed by atoms with Gasteiger partial charge in [0, 0.05) is 16.8 Å². The smallest absolute Gasteiger partial charge is 0.231 e. The predicted molar refractivity (Wildman–Crippen MR) is 65.4 cm³/mol. The van der Waals surface area contributed by atoms with Gasteiger partial charge in [-0.15, -0.1) is 0 Å². The van der Waals surface area contributed by atoms with E-state index in [1.165, 1.54) is 5.54 Å². The molecule has 0 aliphatic rings. The summed E-state index contributed by atoms with van der Waals surface area (Å²) in [4.78, 5) is 21.5. The van der Waals surface area contributed by atoms with E-state index in [1.807, 2.05) is 19.1 Å². The van der Waals surface area contributed by atoms with Crippen LogP contribution in [0.4, 0.5) is 5.69 Å². The van der Waals surface area contributed by atoms with Crippen molar-refractivity contribution in [3.05, 3.63) is 34.9 Å². The van der Waals surface area contributed by atoms with E-state index >= 15 is 0 Å². The second-order valence-corrected chi connectivity index (χ2v) is 3.50. The van der Waals surface area contributed by atoms with Crippen LogP contribution < -0.4 is 5.32 Å². The van der Waals surface area contributed by atoms with Crippen LogP contribution in [0.3, 0.4) is 0 Å². The Hall–Kier alpha value is -1.61. The first-order valence-electron chi connectivity index (χ1n) is 4.79. The van der Waals surface area contributed by atoms with Gasteiger partial charge >= 0.3 is 0 Å². The van der Waals surface area contributed by atoms with Crippen LogP contribution in [-0.4, -0.2) is 12.2 Å². The molecule has 0 saturated heterocycles. The largest absolute Gasteiger partial charge is 0.325 e. The molecule has 0 saturated carbocycles. The van der Waals surface area contributed by atoms with Crippen LogP contribution in [-0.2, 0) is 9.59 Å². The lowest BCUT2D eigenvalue weighted by Gasteiger charge is -2.09. The molecular formula is C12H12ClNO2. The minimum absolute atomic E-state index is 0.141. The van der Waals surface area contributed by atoms with E-state index in [0.29, 0.717) is 12.0 Å². The first-order valence-corrected chi connectivity index (χ1v) is 5.22. The zero-order valence-corrected chi connectivity index (χ0v) is 9.62. The first-order chi connectivity index (χ1) is 7.69. The lowest BCUT2D eigenvalue weighted by Crippen LogP contribution is -2.12. The third-order valence-electron chi connectivity index (χ3n) is 2.10. The SMILES string of the molecule is Cc1cccc(NC(=O)CC=O)c1/C=C\Cl. The summed E-state index contributed by atoms with van der Waals surface area (Å²) in [6.07, 6.45) is 2.13. The highest BCUT2D eigenvalue weighted by Gasteiger charge is 2.06. The summed E-state index contributed by atoms with van der Waals surface area (Å²) in [5.74, 6) is -0.329. The van der Waals surface area contributed by atoms with Gasteiger partial charge in [0.05, 0.1) is 6.42 Å². The number of hydrogen-bond donors (Lipinski definition) is 1. The summed E-state index contributed by atoms with van der Waals surface area (Å²) in [5.41, 5.74) is 3.89. The second-order valence-electron chi connectivity index (χ2n) is 3.25. The molecule has 1 aromatic carbocycles. The predicted octanol–water partition coefficient (Wildman–Crippen LogP) is 2.73. The maximum atomic E-state index is 11.3. The number of carbonyl (C=O) groups excluding carboxylic acids is 2. The average Bonchev–Trinajstić information content (AvgIpc) is 2.23. The van der Waals surface area contributed by atoms with Gasteiger partial charge in [0.1, 0.15) is 6.29 Å². The molecule has 0 aliphatic heterocycles. The van der Waals surface area contributed by atoms with Gasteiger partial charge in [-0.3, -0.25) is 4.79 Å². The van der Waals surface area contributed by atoms with Gasteiger partial charge in [-0.05, 0) is 24.6 Å². The Morgan fingerprint density at radius 1 is 1.50 bits per heavy atom. The first kappa shape index (κ1) is 12.5. The van der Waals surface area contributed by atoms with Gasteiger partial charge in [-0.1, -0.05) is 23.7 Å². The molecule has 0 unspecified atom stereocenters. The molecule has 0 aromatic heterocycles. The molecule has 4 heteroatoms. The fourth-order valence-electron chi connectivity index (χ4n) is 1.35. The van der Waals surface area contributed by atoms with Crippen molar-refractivity contribution >= 4 is 35.6 Å². The fraction of sp³-hybridized carbons (Fsp3) is 0.167. The van der Waals surface area contributed by atoms with Crippen molar-refractivity contribution in [1.82, 2.24) is 0 Å². The number of carbonyl (C=O) groups is 2. The quantitative estimate of drug-likeness (QED) is 0.647. The topological polar surface area (TPSA) is 46.2 Å². The summed E-state index contributed by atoms with van der Waals surface area (Å²) >= 11 is 5.53. The Kier molecular flexibility index (Phi) is 4.73. The summed E-state index contributed by atoms with van der Waals surface area (Å²) in [7, 11) is 0. The highest BCUT2D eigenvalue weighted by atomic mass is 35.5. The average molecular weight is 238 g/mol. The Morgan fingerprint density at radius 2 is 2.25 bits per heavy atom. The van der Waals surface area contributed by atoms with E-state index in [9.17, 15) is 9.59 Å². The maximum Gasteiger partial charge on any atom is 0.231 e. The van der Waals surface area contributed by atoms with Crippen LogP contribution >= 0.6 is 11.6 Å². The standard InChI is InChI=1S/C12H12ClNO2/c1-9-3-2-4-11(10(9)5-7-13)14-12(16)6-8-15/h2-5,7-8H,6H2,1H3,(H,14,16)/b7-5-. The van der Waals surface area contributed by atoms with Crippen LogP contribution in [0.2, 0.25) is 0 Å². The molecule has 0 spiro atoms. The van der Waals surface area contributed by atoms with Crippen LogP contribution in [0.5, 0.6) is 0 Å². The third kappa shape index (κ3) is 3.21. The molecule has 0 aliphatic carbocycles. The van der Waals surface area contributed by atoms with Crippen molar-refractivity contribution in [2.75, 3.05) is 5.32 Å². The van der Waals surface area contributed by atoms with Gasteiger partial charge in [0.15, 0.2) is 0 Å². The number of rotatable bonds is 4. The molecule has 1 rings (SSSR count). The highest BCUT2D eigenvalue weighted by Crippen LogP contribution is 2.21. The van der Waals surface area contributed by atoms with Crippen LogP contribution in [0.1, 0.15) is 17.5 Å². The number of halogens is 1. The molecule has 0 radical (unpaired) electrons. The molecule has 84 valence electrons. The number of hydrogen-bond acceptors (Lipinski definition) is 2. The number of benzene rings is 1. The number of nitrogens with one attached hydrogen (secondary N) is 1. The Labute approximate surface area is 99.1 Å². The Bertz CT molecular complexity index is 427. The molecule has 0 atom stereocenters. The normalized spacial score (nSPS) is 10.4. The number of amides is 1. The summed E-state index contributed by atoms with van der Waals surface area (Å²) in [6, 6.07) is 5.51. The van der Waals surface area contributed by atoms with Crippen molar-refractivity contribution in [2.24, 2.45) is 0 Å². The molecule has 16 heavy (non-hydrogen) atoms. The van der Waals surface area contributed by atoms with Gasteiger partial charge in [-0.25, -0.2) is 0 Å². The zero-order valence-electron chi connectivity index (χ0n) is 8.87. The van der Waals surface area contributed by atoms with E-state index in [-0.39, 0.29) is 12.3 Å². The molecule has 3 nitrogen and oxygen atoms in total. The van der Waals surface area contributed by atoms with Crippen molar-refractivity contribution in [3.63, 3.8) is 0 Å². The molecule has 1 amide bonds. The van der Waals surface area contributed by atoms with Crippen LogP contribution in [0, 0.1) is 6.92 Å². The van der Waals surface area contributed by atoms with Gasteiger partial charge in [0.25, 0.3) is 0 Å². The number of aryl methyl sites for hydroxylation is 1. The summed E-state index contributed by atoms with van der Waals surface area (Å²) < 4.78 is 0. The molecule has 1 N–H and O–H groups in total. The van der Waals surface area contributed by atoms with E-state index in [2.05, 4.69) is 5.32 Å². The molecule has 1 aromatic rings. The molecule has 0 fully saturated rings. The fourth-order valence-corrected chi connectivity index (χ4v) is 1.48. The summed E-state index contributed by atoms with van der Waals surface area (Å²) in [6.45, 7) is 1.92. The Balaban J connectivity index is 2.99. The monoisotopic (exact) mass is 237 g/mol. The van der Waals surface area contributed by atoms with Gasteiger partial charge in [-0.2, -0.15) is 0 Å². The zero-order chi connectivity index (χ0) is 12.0. The third-order valence-corrected chi connectivity index (χ3v) is 2.22. The lowest BCUT2D eigenvalue weighted by molar-refractivity contribution is -0.119. The second kappa shape index (κ2) is 6.08. The minimum atomic E-state index is -0.329. The summed E-state index contributed by atoms with van der Waals surface area (Å²) in [5, 5.41) is 2.66. The Morgan fingerprint density at radius 3 is 2.88 bits per heavy atom. The van der Waals surface area contributed by atoms with E-state index in [1.54, 1.807) is 12.1 Å². The molecule has 0 bridgehead atoms. The van der Waals surface area contributed by atoms with Crippen molar-refractivity contribution in [3.8, 4) is 0 Å². The maximum absolute atomic E-state index is 11.3. The number of aldehydes is 1. The van der Waals surface area contributed by atoms with Crippen LogP contribution in [0.15, 0.2) is 23.7 Å². The van der Waals surface area contributed by atoms with E-state index in [0.717, 1.165) is 11.1 Å². The van der Waals surface area contributed by atoms with Gasteiger partial charge < -0.3 is 10.1 Å². The van der Waals surface area contributed by atoms with Crippen LogP contribution in [0.25, 0.3) is 6.08 Å². The van der Waals surface area contributed by atoms with E-state index in [4.69, 9.17) is 11.6 Å². The van der Waals surface area contributed by atoms with Crippen molar-refractivity contribution in [1.29, 1.82) is 0 Å². The van der Waals surface area contributed by atoms with E-state index < -0.39 is 0 Å². The van der Waals surface area contributed by atoms with Crippen molar-refractivity contribution < 1.29 is 9.59 Å².